The minimum Gasteiger partial charge on any atom is -0.469 e. The van der Waals surface area contributed by atoms with Crippen LogP contribution in [0.15, 0.2) is 108 Å². The third-order valence-electron chi connectivity index (χ3n) is 6.72. The number of carbonyl (C=O) groups is 2. The van der Waals surface area contributed by atoms with Crippen molar-refractivity contribution >= 4 is 58.2 Å². The van der Waals surface area contributed by atoms with Crippen LogP contribution in [0, 0.1) is 0 Å². The highest BCUT2D eigenvalue weighted by molar-refractivity contribution is 8.00. The largest absolute Gasteiger partial charge is 0.469 e. The topological polar surface area (TPSA) is 100 Å². The number of aromatic nitrogens is 3. The smallest absolute Gasteiger partial charge is 0.253 e. The van der Waals surface area contributed by atoms with Crippen molar-refractivity contribution in [1.29, 1.82) is 0 Å². The molecule has 0 unspecified atom stereocenters. The van der Waals surface area contributed by atoms with Gasteiger partial charge in [0.1, 0.15) is 29.5 Å². The Labute approximate surface area is 251 Å². The summed E-state index contributed by atoms with van der Waals surface area (Å²) in [4.78, 5) is 33.3. The molecule has 6 rings (SSSR count). The summed E-state index contributed by atoms with van der Waals surface area (Å²) in [6.45, 7) is 0. The van der Waals surface area contributed by atoms with Gasteiger partial charge < -0.3 is 10.1 Å². The van der Waals surface area contributed by atoms with Crippen molar-refractivity contribution < 1.29 is 14.3 Å². The lowest BCUT2D eigenvalue weighted by atomic mass is 10.0. The number of β-lactam (4-membered cyclic amide) rings is 1. The van der Waals surface area contributed by atoms with Crippen molar-refractivity contribution in [3.05, 3.63) is 120 Å². The van der Waals surface area contributed by atoms with E-state index in [0.717, 1.165) is 21.6 Å². The second kappa shape index (κ2) is 12.3. The van der Waals surface area contributed by atoms with Gasteiger partial charge in [-0.1, -0.05) is 78.9 Å². The van der Waals surface area contributed by atoms with E-state index in [1.165, 1.54) is 18.1 Å². The van der Waals surface area contributed by atoms with Gasteiger partial charge in [0.15, 0.2) is 5.82 Å². The fourth-order valence-corrected chi connectivity index (χ4v) is 7.16. The van der Waals surface area contributed by atoms with E-state index >= 15 is 0 Å². The van der Waals surface area contributed by atoms with Gasteiger partial charge in [0.2, 0.25) is 11.0 Å². The number of nitrogens with zero attached hydrogens (tertiary/aromatic N) is 3. The molecule has 8 nitrogen and oxygen atoms in total. The molecule has 2 aliphatic rings. The zero-order chi connectivity index (χ0) is 28.2. The Kier molecular flexibility index (Phi) is 8.17. The minimum atomic E-state index is -0.656. The van der Waals surface area contributed by atoms with Gasteiger partial charge in [-0.25, -0.2) is 4.98 Å². The van der Waals surface area contributed by atoms with Gasteiger partial charge in [-0.15, -0.1) is 23.5 Å². The molecule has 41 heavy (non-hydrogen) atoms. The maximum atomic E-state index is 13.6. The lowest BCUT2D eigenvalue weighted by Gasteiger charge is -2.50. The van der Waals surface area contributed by atoms with Crippen LogP contribution in [0.4, 0.5) is 0 Å². The Morgan fingerprint density at radius 2 is 1.68 bits per heavy atom. The number of hydrogen-bond acceptors (Lipinski definition) is 8. The third-order valence-corrected chi connectivity index (χ3v) is 9.30. The molecule has 0 radical (unpaired) electrons. The highest BCUT2D eigenvalue weighted by atomic mass is 32.2. The number of nitrogens with one attached hydrogen (secondary N) is 2. The van der Waals surface area contributed by atoms with E-state index in [2.05, 4.69) is 20.5 Å². The number of hydrogen-bond donors (Lipinski definition) is 2. The van der Waals surface area contributed by atoms with Crippen LogP contribution < -0.4 is 5.32 Å². The molecule has 0 aliphatic carbocycles. The molecular formula is C30H25N5O3S3. The van der Waals surface area contributed by atoms with Crippen molar-refractivity contribution in [3.8, 4) is 0 Å². The number of H-pyrrole nitrogens is 1. The predicted octanol–water partition coefficient (Wildman–Crippen LogP) is 4.84. The Bertz CT molecular complexity index is 1530. The Balaban J connectivity index is 1.25. The van der Waals surface area contributed by atoms with Gasteiger partial charge >= 0.3 is 0 Å². The van der Waals surface area contributed by atoms with Crippen LogP contribution in [0.25, 0.3) is 5.57 Å². The van der Waals surface area contributed by atoms with Crippen LogP contribution in [-0.4, -0.2) is 59.9 Å². The molecule has 3 aromatic carbocycles. The first-order valence-electron chi connectivity index (χ1n) is 12.9. The van der Waals surface area contributed by atoms with Crippen molar-refractivity contribution in [2.75, 3.05) is 11.5 Å². The fraction of sp³-hybridized carbons (Fsp3) is 0.167. The average molecular weight is 600 g/mol. The van der Waals surface area contributed by atoms with Crippen molar-refractivity contribution in [2.24, 2.45) is 0 Å². The van der Waals surface area contributed by atoms with E-state index in [1.54, 1.807) is 16.7 Å². The zero-order valence-electron chi connectivity index (χ0n) is 21.7. The van der Waals surface area contributed by atoms with E-state index in [9.17, 15) is 9.59 Å². The molecule has 0 bridgehead atoms. The molecule has 2 atom stereocenters. The second-order valence-electron chi connectivity index (χ2n) is 9.32. The van der Waals surface area contributed by atoms with Crippen LogP contribution in [0.1, 0.15) is 23.1 Å². The number of fused-ring (bicyclic) bond motifs is 1. The first kappa shape index (κ1) is 27.3. The van der Waals surface area contributed by atoms with Crippen LogP contribution in [0.5, 0.6) is 0 Å². The number of benzene rings is 3. The molecule has 1 aromatic heterocycles. The normalized spacial score (nSPS) is 18.1. The molecule has 0 saturated carbocycles. The summed E-state index contributed by atoms with van der Waals surface area (Å²) in [5.74, 6) is 0.807. The average Bonchev–Trinajstić information content (AvgIpc) is 3.57. The summed E-state index contributed by atoms with van der Waals surface area (Å²) in [7, 11) is 0. The number of amides is 2. The monoisotopic (exact) mass is 599 g/mol. The Morgan fingerprint density at radius 3 is 2.29 bits per heavy atom. The number of aromatic amines is 1. The highest BCUT2D eigenvalue weighted by Crippen LogP contribution is 2.44. The molecule has 1 fully saturated rings. The predicted molar refractivity (Wildman–Crippen MR) is 164 cm³/mol. The zero-order valence-corrected chi connectivity index (χ0v) is 24.1. The molecular weight excluding hydrogens is 575 g/mol. The van der Waals surface area contributed by atoms with E-state index in [4.69, 9.17) is 17.0 Å². The molecule has 11 heteroatoms. The molecule has 2 aliphatic heterocycles. The minimum absolute atomic E-state index is 0.178. The van der Waals surface area contributed by atoms with Gasteiger partial charge in [0.05, 0.1) is 5.75 Å². The summed E-state index contributed by atoms with van der Waals surface area (Å²) in [6.07, 6.45) is 0.936. The van der Waals surface area contributed by atoms with E-state index < -0.39 is 12.1 Å². The SMILES string of the molecule is O=C(CSc1ccccc1)N[C@@H]1C(=O)N2C(C(=S)OC(c3ccccc3)c3ccccc3)=C(c3ncn[nH]3)CS[C@H]12. The van der Waals surface area contributed by atoms with Crippen LogP contribution in [0.3, 0.4) is 0 Å². The summed E-state index contributed by atoms with van der Waals surface area (Å²) in [6, 6.07) is 28.7. The van der Waals surface area contributed by atoms with E-state index in [1.807, 2.05) is 91.0 Å². The molecule has 3 heterocycles. The van der Waals surface area contributed by atoms with Crippen LogP contribution in [0.2, 0.25) is 0 Å². The maximum absolute atomic E-state index is 13.6. The third kappa shape index (κ3) is 5.79. The first-order chi connectivity index (χ1) is 20.1. The Morgan fingerprint density at radius 1 is 1.05 bits per heavy atom. The molecule has 206 valence electrons. The number of ether oxygens (including phenoxy) is 1. The molecule has 2 amide bonds. The summed E-state index contributed by atoms with van der Waals surface area (Å²) >= 11 is 8.88. The van der Waals surface area contributed by atoms with Crippen LogP contribution in [-0.2, 0) is 14.3 Å². The lowest BCUT2D eigenvalue weighted by Crippen LogP contribution is -2.70. The first-order valence-corrected chi connectivity index (χ1v) is 15.4. The number of carbonyl (C=O) groups excluding carboxylic acids is 2. The van der Waals surface area contributed by atoms with Crippen LogP contribution >= 0.6 is 35.7 Å². The van der Waals surface area contributed by atoms with Gasteiger partial charge in [-0.05, 0) is 35.5 Å². The van der Waals surface area contributed by atoms with Crippen molar-refractivity contribution in [2.45, 2.75) is 22.4 Å². The fourth-order valence-electron chi connectivity index (χ4n) is 4.77. The van der Waals surface area contributed by atoms with E-state index in [0.29, 0.717) is 17.3 Å². The number of thiocarbonyl (C=S) groups is 1. The van der Waals surface area contributed by atoms with Gasteiger partial charge in [-0.3, -0.25) is 19.6 Å². The summed E-state index contributed by atoms with van der Waals surface area (Å²) < 4.78 is 6.51. The van der Waals surface area contributed by atoms with E-state index in [-0.39, 0.29) is 28.0 Å². The van der Waals surface area contributed by atoms with Gasteiger partial charge in [0, 0.05) is 16.2 Å². The number of thioether (sulfide) groups is 2. The quantitative estimate of drug-likeness (QED) is 0.160. The second-order valence-corrected chi connectivity index (χ2v) is 11.8. The summed E-state index contributed by atoms with van der Waals surface area (Å²) in [5, 5.41) is 9.69. The molecule has 2 N–H and O–H groups in total. The standard InChI is InChI=1S/C30H25N5O3S3/c36-23(17-40-21-14-8-3-9-15-21)33-24-28(37)35-25(22(16-41-29(24)35)27-31-18-32-34-27)30(39)38-26(19-10-4-1-5-11-19)20-12-6-2-7-13-20/h1-15,18,24,26,29H,16-17H2,(H,33,36)(H,31,32,34)/t24-,29-/m1/s1. The lowest BCUT2D eigenvalue weighted by molar-refractivity contribution is -0.145. The highest BCUT2D eigenvalue weighted by Gasteiger charge is 2.54. The van der Waals surface area contributed by atoms with Gasteiger partial charge in [-0.2, -0.15) is 5.10 Å². The molecule has 0 spiro atoms. The molecule has 4 aromatic rings. The van der Waals surface area contributed by atoms with Crippen molar-refractivity contribution in [3.63, 3.8) is 0 Å². The summed E-state index contributed by atoms with van der Waals surface area (Å²) in [5.41, 5.74) is 3.07. The Hall–Kier alpha value is -3.93. The maximum Gasteiger partial charge on any atom is 0.253 e. The number of rotatable bonds is 9. The molecule has 1 saturated heterocycles. The van der Waals surface area contributed by atoms with Gasteiger partial charge in [0.25, 0.3) is 5.91 Å². The van der Waals surface area contributed by atoms with Crippen molar-refractivity contribution in [1.82, 2.24) is 25.4 Å².